The molecule has 2 aromatic carbocycles. The molecule has 0 radical (unpaired) electrons. The molecule has 0 unspecified atom stereocenters. The van der Waals surface area contributed by atoms with Gasteiger partial charge in [0.2, 0.25) is 5.95 Å². The molecule has 122 valence electrons. The predicted molar refractivity (Wildman–Crippen MR) is 100 cm³/mol. The standard InChI is InChI=1S/C19H19ClN4/c1-13-6-5-7-14(2)18(13)24-19-21-11-10-17(23-19)22-12-15-8-3-4-9-16(15)20/h3-11H,12H2,1-2H3,(H2,21,22,23,24). The quantitative estimate of drug-likeness (QED) is 0.679. The second kappa shape index (κ2) is 7.32. The minimum absolute atomic E-state index is 0.566. The summed E-state index contributed by atoms with van der Waals surface area (Å²) in [6, 6.07) is 15.8. The van der Waals surface area contributed by atoms with Gasteiger partial charge >= 0.3 is 0 Å². The molecule has 1 aromatic heterocycles. The zero-order chi connectivity index (χ0) is 16.9. The van der Waals surface area contributed by atoms with Crippen molar-refractivity contribution in [3.8, 4) is 0 Å². The van der Waals surface area contributed by atoms with Crippen LogP contribution in [0.1, 0.15) is 16.7 Å². The molecule has 0 spiro atoms. The number of benzene rings is 2. The van der Waals surface area contributed by atoms with Gasteiger partial charge in [0.25, 0.3) is 0 Å². The average Bonchev–Trinajstić information content (AvgIpc) is 2.58. The highest BCUT2D eigenvalue weighted by Crippen LogP contribution is 2.23. The first-order valence-corrected chi connectivity index (χ1v) is 8.15. The van der Waals surface area contributed by atoms with Crippen molar-refractivity contribution < 1.29 is 0 Å². The summed E-state index contributed by atoms with van der Waals surface area (Å²) in [4.78, 5) is 8.82. The molecule has 0 saturated heterocycles. The second-order valence-corrected chi connectivity index (χ2v) is 6.01. The number of nitrogens with one attached hydrogen (secondary N) is 2. The minimum atomic E-state index is 0.566. The monoisotopic (exact) mass is 338 g/mol. The lowest BCUT2D eigenvalue weighted by Crippen LogP contribution is -2.05. The molecule has 0 bridgehead atoms. The van der Waals surface area contributed by atoms with Gasteiger partial charge in [-0.2, -0.15) is 4.98 Å². The van der Waals surface area contributed by atoms with Crippen LogP contribution in [0.25, 0.3) is 0 Å². The van der Waals surface area contributed by atoms with E-state index >= 15 is 0 Å². The molecule has 1 heterocycles. The summed E-state index contributed by atoms with van der Waals surface area (Å²) in [5.41, 5.74) is 4.39. The third kappa shape index (κ3) is 3.84. The number of halogens is 1. The maximum absolute atomic E-state index is 6.18. The molecular weight excluding hydrogens is 320 g/mol. The summed E-state index contributed by atoms with van der Waals surface area (Å²) < 4.78 is 0. The summed E-state index contributed by atoms with van der Waals surface area (Å²) in [6.07, 6.45) is 1.73. The van der Waals surface area contributed by atoms with Crippen LogP contribution in [0.5, 0.6) is 0 Å². The van der Waals surface area contributed by atoms with Crippen LogP contribution in [0.4, 0.5) is 17.5 Å². The van der Waals surface area contributed by atoms with Crippen LogP contribution in [0, 0.1) is 13.8 Å². The number of hydrogen-bond donors (Lipinski definition) is 2. The van der Waals surface area contributed by atoms with Crippen LogP contribution in [-0.4, -0.2) is 9.97 Å². The average molecular weight is 339 g/mol. The smallest absolute Gasteiger partial charge is 0.229 e. The highest BCUT2D eigenvalue weighted by molar-refractivity contribution is 6.31. The first kappa shape index (κ1) is 16.3. The van der Waals surface area contributed by atoms with Crippen molar-refractivity contribution in [1.82, 2.24) is 9.97 Å². The van der Waals surface area contributed by atoms with E-state index in [0.717, 1.165) is 33.2 Å². The first-order chi connectivity index (χ1) is 11.6. The van der Waals surface area contributed by atoms with Crippen LogP contribution in [-0.2, 0) is 6.54 Å². The number of nitrogens with zero attached hydrogens (tertiary/aromatic N) is 2. The molecule has 0 saturated carbocycles. The third-order valence-corrected chi connectivity index (χ3v) is 4.16. The lowest BCUT2D eigenvalue weighted by atomic mass is 10.1. The second-order valence-electron chi connectivity index (χ2n) is 5.60. The Kier molecular flexibility index (Phi) is 4.96. The fourth-order valence-electron chi connectivity index (χ4n) is 2.47. The van der Waals surface area contributed by atoms with Crippen molar-refractivity contribution >= 4 is 29.1 Å². The van der Waals surface area contributed by atoms with Gasteiger partial charge in [-0.15, -0.1) is 0 Å². The van der Waals surface area contributed by atoms with Crippen LogP contribution in [0.15, 0.2) is 54.7 Å². The third-order valence-electron chi connectivity index (χ3n) is 3.79. The molecule has 0 amide bonds. The van der Waals surface area contributed by atoms with Crippen LogP contribution in [0.2, 0.25) is 5.02 Å². The molecule has 24 heavy (non-hydrogen) atoms. The topological polar surface area (TPSA) is 49.8 Å². The van der Waals surface area contributed by atoms with Gasteiger partial charge in [-0.05, 0) is 42.7 Å². The van der Waals surface area contributed by atoms with Gasteiger partial charge in [-0.1, -0.05) is 48.0 Å². The number of hydrogen-bond acceptors (Lipinski definition) is 4. The largest absolute Gasteiger partial charge is 0.366 e. The van der Waals surface area contributed by atoms with Gasteiger partial charge in [0.05, 0.1) is 0 Å². The first-order valence-electron chi connectivity index (χ1n) is 7.77. The van der Waals surface area contributed by atoms with E-state index in [1.807, 2.05) is 36.4 Å². The number of aromatic nitrogens is 2. The lowest BCUT2D eigenvalue weighted by molar-refractivity contribution is 1.08. The van der Waals surface area contributed by atoms with Crippen molar-refractivity contribution in [2.75, 3.05) is 10.6 Å². The summed E-state index contributed by atoms with van der Waals surface area (Å²) in [7, 11) is 0. The Morgan fingerprint density at radius 2 is 1.71 bits per heavy atom. The Labute approximate surface area is 146 Å². The molecule has 2 N–H and O–H groups in total. The summed E-state index contributed by atoms with van der Waals surface area (Å²) >= 11 is 6.18. The zero-order valence-electron chi connectivity index (χ0n) is 13.7. The van der Waals surface area contributed by atoms with Gasteiger partial charge in [0, 0.05) is 23.5 Å². The maximum Gasteiger partial charge on any atom is 0.229 e. The Bertz CT molecular complexity index is 828. The molecule has 4 nitrogen and oxygen atoms in total. The van der Waals surface area contributed by atoms with Gasteiger partial charge in [-0.3, -0.25) is 0 Å². The van der Waals surface area contributed by atoms with E-state index in [1.165, 1.54) is 0 Å². The molecular formula is C19H19ClN4. The predicted octanol–water partition coefficient (Wildman–Crippen LogP) is 5.10. The SMILES string of the molecule is Cc1cccc(C)c1Nc1nccc(NCc2ccccc2Cl)n1. The fraction of sp³-hybridized carbons (Fsp3) is 0.158. The highest BCUT2D eigenvalue weighted by Gasteiger charge is 2.06. The van der Waals surface area contributed by atoms with Crippen LogP contribution in [0.3, 0.4) is 0 Å². The zero-order valence-corrected chi connectivity index (χ0v) is 14.4. The molecule has 0 aliphatic carbocycles. The Hall–Kier alpha value is -2.59. The number of anilines is 3. The van der Waals surface area contributed by atoms with E-state index in [4.69, 9.17) is 11.6 Å². The van der Waals surface area contributed by atoms with E-state index in [9.17, 15) is 0 Å². The van der Waals surface area contributed by atoms with Crippen molar-refractivity contribution in [2.24, 2.45) is 0 Å². The van der Waals surface area contributed by atoms with Gasteiger partial charge < -0.3 is 10.6 Å². The van der Waals surface area contributed by atoms with Crippen LogP contribution >= 0.6 is 11.6 Å². The van der Waals surface area contributed by atoms with Crippen molar-refractivity contribution in [1.29, 1.82) is 0 Å². The molecule has 0 atom stereocenters. The normalized spacial score (nSPS) is 10.5. The molecule has 3 aromatic rings. The highest BCUT2D eigenvalue weighted by atomic mass is 35.5. The minimum Gasteiger partial charge on any atom is -0.366 e. The van der Waals surface area contributed by atoms with E-state index in [2.05, 4.69) is 46.6 Å². The fourth-order valence-corrected chi connectivity index (χ4v) is 2.67. The van der Waals surface area contributed by atoms with E-state index in [-0.39, 0.29) is 0 Å². The molecule has 0 fully saturated rings. The Balaban J connectivity index is 1.74. The van der Waals surface area contributed by atoms with Crippen molar-refractivity contribution in [3.63, 3.8) is 0 Å². The van der Waals surface area contributed by atoms with Gasteiger partial charge in [-0.25, -0.2) is 4.98 Å². The van der Waals surface area contributed by atoms with Crippen molar-refractivity contribution in [2.45, 2.75) is 20.4 Å². The molecule has 0 aliphatic rings. The number of rotatable bonds is 5. The van der Waals surface area contributed by atoms with Gasteiger partial charge in [0.15, 0.2) is 0 Å². The number of para-hydroxylation sites is 1. The van der Waals surface area contributed by atoms with Gasteiger partial charge in [0.1, 0.15) is 5.82 Å². The van der Waals surface area contributed by atoms with Crippen molar-refractivity contribution in [3.05, 3.63) is 76.4 Å². The summed E-state index contributed by atoms with van der Waals surface area (Å²) in [5, 5.41) is 7.33. The Morgan fingerprint density at radius 1 is 0.958 bits per heavy atom. The maximum atomic E-state index is 6.18. The van der Waals surface area contributed by atoms with E-state index < -0.39 is 0 Å². The Morgan fingerprint density at radius 3 is 2.46 bits per heavy atom. The lowest BCUT2D eigenvalue weighted by Gasteiger charge is -2.12. The summed E-state index contributed by atoms with van der Waals surface area (Å²) in [5.74, 6) is 1.32. The van der Waals surface area contributed by atoms with E-state index in [0.29, 0.717) is 12.5 Å². The molecule has 5 heteroatoms. The number of aryl methyl sites for hydroxylation is 2. The molecule has 0 aliphatic heterocycles. The van der Waals surface area contributed by atoms with E-state index in [1.54, 1.807) is 6.20 Å². The summed E-state index contributed by atoms with van der Waals surface area (Å²) in [6.45, 7) is 4.74. The molecule has 3 rings (SSSR count). The van der Waals surface area contributed by atoms with Crippen LogP contribution < -0.4 is 10.6 Å².